The van der Waals surface area contributed by atoms with E-state index in [1.54, 1.807) is 37.1 Å². The third kappa shape index (κ3) is 7.64. The van der Waals surface area contributed by atoms with E-state index in [1.165, 1.54) is 0 Å². The summed E-state index contributed by atoms with van der Waals surface area (Å²) in [5, 5.41) is 10.4. The van der Waals surface area contributed by atoms with Crippen LogP contribution in [0.3, 0.4) is 0 Å². The summed E-state index contributed by atoms with van der Waals surface area (Å²) in [5.41, 5.74) is 2.62. The van der Waals surface area contributed by atoms with Crippen molar-refractivity contribution >= 4 is 42.5 Å². The zero-order valence-electron chi connectivity index (χ0n) is 17.9. The van der Waals surface area contributed by atoms with Crippen LogP contribution in [0.25, 0.3) is 11.3 Å². The molecule has 1 aromatic carbocycles. The first-order valence-electron chi connectivity index (χ1n) is 9.75. The van der Waals surface area contributed by atoms with E-state index in [-0.39, 0.29) is 37.3 Å². The standard InChI is InChI=1S/C22H25N5O3.2ClH/c1-3-30-21(28)15-24-19(13-16-7-5-4-6-8-16)22(29)25-20-14-18(26-27(20)2)17-9-11-23-12-10-17;;/h4-12,14,19,24H,3,13,15H2,1-2H3,(H,25,29);2*1H. The predicted octanol–water partition coefficient (Wildman–Crippen LogP) is 3.03. The number of carbonyl (C=O) groups is 2. The summed E-state index contributed by atoms with van der Waals surface area (Å²) in [6.45, 7) is 1.99. The van der Waals surface area contributed by atoms with Gasteiger partial charge in [0.1, 0.15) is 5.82 Å². The fraction of sp³-hybridized carbons (Fsp3) is 0.273. The van der Waals surface area contributed by atoms with Crippen LogP contribution in [0.4, 0.5) is 5.82 Å². The van der Waals surface area contributed by atoms with E-state index in [9.17, 15) is 9.59 Å². The summed E-state index contributed by atoms with van der Waals surface area (Å²) in [6.07, 6.45) is 3.82. The fourth-order valence-corrected chi connectivity index (χ4v) is 2.99. The number of hydrogen-bond acceptors (Lipinski definition) is 6. The van der Waals surface area contributed by atoms with Gasteiger partial charge < -0.3 is 10.1 Å². The molecule has 10 heteroatoms. The summed E-state index contributed by atoms with van der Waals surface area (Å²) < 4.78 is 6.57. The van der Waals surface area contributed by atoms with E-state index in [4.69, 9.17) is 4.74 Å². The van der Waals surface area contributed by atoms with Crippen molar-refractivity contribution in [2.45, 2.75) is 19.4 Å². The lowest BCUT2D eigenvalue weighted by Crippen LogP contribution is -2.44. The Hall–Kier alpha value is -2.94. The van der Waals surface area contributed by atoms with Crippen LogP contribution in [0.15, 0.2) is 60.9 Å². The molecule has 0 saturated carbocycles. The molecule has 1 unspecified atom stereocenters. The quantitative estimate of drug-likeness (QED) is 0.457. The molecule has 3 rings (SSSR count). The van der Waals surface area contributed by atoms with E-state index in [2.05, 4.69) is 20.7 Å². The number of nitrogens with one attached hydrogen (secondary N) is 2. The maximum Gasteiger partial charge on any atom is 0.319 e. The highest BCUT2D eigenvalue weighted by Crippen LogP contribution is 2.20. The van der Waals surface area contributed by atoms with Crippen molar-refractivity contribution in [3.05, 3.63) is 66.5 Å². The van der Waals surface area contributed by atoms with E-state index >= 15 is 0 Å². The Labute approximate surface area is 199 Å². The molecule has 0 aliphatic rings. The second kappa shape index (κ2) is 13.5. The monoisotopic (exact) mass is 479 g/mol. The van der Waals surface area contributed by atoms with Crippen molar-refractivity contribution in [3.63, 3.8) is 0 Å². The van der Waals surface area contributed by atoms with Gasteiger partial charge in [0.05, 0.1) is 24.9 Å². The van der Waals surface area contributed by atoms with Crippen molar-refractivity contribution in [1.29, 1.82) is 0 Å². The zero-order valence-corrected chi connectivity index (χ0v) is 19.5. The van der Waals surface area contributed by atoms with Crippen LogP contribution in [-0.2, 0) is 27.8 Å². The Morgan fingerprint density at radius 3 is 2.44 bits per heavy atom. The van der Waals surface area contributed by atoms with Crippen molar-refractivity contribution in [2.75, 3.05) is 18.5 Å². The van der Waals surface area contributed by atoms with Crippen molar-refractivity contribution in [1.82, 2.24) is 20.1 Å². The number of rotatable bonds is 9. The topological polar surface area (TPSA) is 98.1 Å². The lowest BCUT2D eigenvalue weighted by atomic mass is 10.1. The first-order valence-corrected chi connectivity index (χ1v) is 9.75. The van der Waals surface area contributed by atoms with Gasteiger partial charge in [-0.2, -0.15) is 5.10 Å². The van der Waals surface area contributed by atoms with Crippen LogP contribution in [0.2, 0.25) is 0 Å². The Morgan fingerprint density at radius 1 is 1.09 bits per heavy atom. The minimum Gasteiger partial charge on any atom is -0.465 e. The summed E-state index contributed by atoms with van der Waals surface area (Å²) in [6, 6.07) is 14.5. The largest absolute Gasteiger partial charge is 0.465 e. The molecule has 1 amide bonds. The Bertz CT molecular complexity index is 984. The predicted molar refractivity (Wildman–Crippen MR) is 128 cm³/mol. The molecule has 32 heavy (non-hydrogen) atoms. The number of pyridine rings is 1. The minimum atomic E-state index is -0.615. The second-order valence-electron chi connectivity index (χ2n) is 6.69. The van der Waals surface area contributed by atoms with Gasteiger partial charge in [-0.05, 0) is 31.0 Å². The molecular formula is C22H27Cl2N5O3. The van der Waals surface area contributed by atoms with Crippen LogP contribution in [0, 0.1) is 0 Å². The van der Waals surface area contributed by atoms with Gasteiger partial charge in [-0.25, -0.2) is 0 Å². The SMILES string of the molecule is CCOC(=O)CNC(Cc1ccccc1)C(=O)Nc1cc(-c2ccncc2)nn1C.Cl.Cl. The smallest absolute Gasteiger partial charge is 0.319 e. The summed E-state index contributed by atoms with van der Waals surface area (Å²) >= 11 is 0. The van der Waals surface area contributed by atoms with E-state index < -0.39 is 12.0 Å². The van der Waals surface area contributed by atoms with E-state index in [0.717, 1.165) is 16.8 Å². The number of ether oxygens (including phenoxy) is 1. The van der Waals surface area contributed by atoms with Gasteiger partial charge in [-0.15, -0.1) is 24.8 Å². The van der Waals surface area contributed by atoms with Crippen LogP contribution < -0.4 is 10.6 Å². The molecule has 1 atom stereocenters. The maximum absolute atomic E-state index is 13.0. The lowest BCUT2D eigenvalue weighted by molar-refractivity contribution is -0.142. The minimum absolute atomic E-state index is 0. The van der Waals surface area contributed by atoms with Crippen LogP contribution in [0.5, 0.6) is 0 Å². The molecule has 8 nitrogen and oxygen atoms in total. The number of carbonyl (C=O) groups excluding carboxylic acids is 2. The first kappa shape index (κ1) is 27.1. The fourth-order valence-electron chi connectivity index (χ4n) is 2.99. The normalized spacial score (nSPS) is 10.9. The Morgan fingerprint density at radius 2 is 1.78 bits per heavy atom. The zero-order chi connectivity index (χ0) is 21.3. The van der Waals surface area contributed by atoms with Gasteiger partial charge in [0.2, 0.25) is 5.91 Å². The van der Waals surface area contributed by atoms with Crippen LogP contribution in [0.1, 0.15) is 12.5 Å². The molecule has 0 radical (unpaired) electrons. The lowest BCUT2D eigenvalue weighted by Gasteiger charge is -2.18. The van der Waals surface area contributed by atoms with Crippen molar-refractivity contribution < 1.29 is 14.3 Å². The second-order valence-corrected chi connectivity index (χ2v) is 6.69. The number of hydrogen-bond donors (Lipinski definition) is 2. The maximum atomic E-state index is 13.0. The summed E-state index contributed by atoms with van der Waals surface area (Å²) in [5.74, 6) is -0.0980. The average molecular weight is 480 g/mol. The Kier molecular flexibility index (Phi) is 11.4. The number of aromatic nitrogens is 3. The third-order valence-electron chi connectivity index (χ3n) is 4.50. The molecule has 2 N–H and O–H groups in total. The molecule has 0 saturated heterocycles. The number of aryl methyl sites for hydroxylation is 1. The van der Waals surface area contributed by atoms with Gasteiger partial charge in [0, 0.05) is 31.1 Å². The van der Waals surface area contributed by atoms with Crippen LogP contribution in [-0.4, -0.2) is 45.8 Å². The summed E-state index contributed by atoms with van der Waals surface area (Å²) in [7, 11) is 1.76. The number of amides is 1. The van der Waals surface area contributed by atoms with Gasteiger partial charge in [0.25, 0.3) is 0 Å². The van der Waals surface area contributed by atoms with Crippen molar-refractivity contribution in [3.8, 4) is 11.3 Å². The third-order valence-corrected chi connectivity index (χ3v) is 4.50. The number of nitrogens with zero attached hydrogens (tertiary/aromatic N) is 3. The first-order chi connectivity index (χ1) is 14.6. The van der Waals surface area contributed by atoms with Gasteiger partial charge in [-0.1, -0.05) is 30.3 Å². The molecule has 0 spiro atoms. The highest BCUT2D eigenvalue weighted by molar-refractivity contribution is 5.95. The number of halogens is 2. The molecule has 0 aliphatic heterocycles. The molecule has 172 valence electrons. The molecule has 0 aliphatic carbocycles. The molecule has 0 bridgehead atoms. The highest BCUT2D eigenvalue weighted by Gasteiger charge is 2.21. The highest BCUT2D eigenvalue weighted by atomic mass is 35.5. The van der Waals surface area contributed by atoms with E-state index in [0.29, 0.717) is 18.8 Å². The molecule has 2 aromatic heterocycles. The van der Waals surface area contributed by atoms with Gasteiger partial charge in [0.15, 0.2) is 0 Å². The van der Waals surface area contributed by atoms with Crippen molar-refractivity contribution in [2.24, 2.45) is 7.05 Å². The molecule has 3 aromatic rings. The molecule has 0 fully saturated rings. The van der Waals surface area contributed by atoms with Crippen LogP contribution >= 0.6 is 24.8 Å². The number of anilines is 1. The number of benzene rings is 1. The number of esters is 1. The average Bonchev–Trinajstić information content (AvgIpc) is 3.13. The van der Waals surface area contributed by atoms with Gasteiger partial charge in [-0.3, -0.25) is 24.6 Å². The van der Waals surface area contributed by atoms with E-state index in [1.807, 2.05) is 42.5 Å². The van der Waals surface area contributed by atoms with Gasteiger partial charge >= 0.3 is 5.97 Å². The molecule has 2 heterocycles. The Balaban J connectivity index is 0.00000256. The molecular weight excluding hydrogens is 453 g/mol. The summed E-state index contributed by atoms with van der Waals surface area (Å²) in [4.78, 5) is 28.8.